The van der Waals surface area contributed by atoms with Crippen LogP contribution in [0.3, 0.4) is 0 Å². The van der Waals surface area contributed by atoms with E-state index in [1.807, 2.05) is 28.8 Å². The first-order valence-corrected chi connectivity index (χ1v) is 11.5. The highest BCUT2D eigenvalue weighted by atomic mass is 16.5. The first kappa shape index (κ1) is 20.2. The molecule has 0 spiro atoms. The van der Waals surface area contributed by atoms with Crippen molar-refractivity contribution in [1.82, 2.24) is 14.5 Å². The molecule has 1 saturated heterocycles. The number of hydrogen-bond donors (Lipinski definition) is 1. The molecule has 4 aromatic rings. The predicted molar refractivity (Wildman–Crippen MR) is 124 cm³/mol. The molecule has 1 atom stereocenters. The molecular formula is C26H26N4O3. The molecule has 0 radical (unpaired) electrons. The van der Waals surface area contributed by atoms with Gasteiger partial charge in [-0.3, -0.25) is 10.3 Å². The summed E-state index contributed by atoms with van der Waals surface area (Å²) in [7, 11) is 0. The number of ether oxygens (including phenoxy) is 2. The molecule has 0 aliphatic carbocycles. The topological polar surface area (TPSA) is 76.5 Å². The summed E-state index contributed by atoms with van der Waals surface area (Å²) in [5.74, 6) is 1.82. The van der Waals surface area contributed by atoms with Crippen LogP contribution >= 0.6 is 0 Å². The van der Waals surface area contributed by atoms with Crippen LogP contribution in [0.25, 0.3) is 10.8 Å². The first-order valence-electron chi connectivity index (χ1n) is 11.5. The lowest BCUT2D eigenvalue weighted by Crippen LogP contribution is -2.37. The fourth-order valence-electron chi connectivity index (χ4n) is 4.91. The van der Waals surface area contributed by atoms with Crippen molar-refractivity contribution in [3.05, 3.63) is 83.5 Å². The number of fused-ring (bicyclic) bond motifs is 4. The summed E-state index contributed by atoms with van der Waals surface area (Å²) in [6.45, 7) is 5.26. The monoisotopic (exact) mass is 442 g/mol. The highest BCUT2D eigenvalue weighted by Crippen LogP contribution is 2.47. The first-order chi connectivity index (χ1) is 16.3. The van der Waals surface area contributed by atoms with E-state index in [4.69, 9.17) is 19.3 Å². The molecule has 168 valence electrons. The van der Waals surface area contributed by atoms with Crippen LogP contribution in [0.4, 0.5) is 0 Å². The van der Waals surface area contributed by atoms with Crippen LogP contribution < -0.4 is 10.2 Å². The van der Waals surface area contributed by atoms with E-state index in [1.54, 1.807) is 12.6 Å². The van der Waals surface area contributed by atoms with E-state index in [-0.39, 0.29) is 5.92 Å². The van der Waals surface area contributed by atoms with E-state index in [0.717, 1.165) is 79.2 Å². The van der Waals surface area contributed by atoms with Gasteiger partial charge in [-0.15, -0.1) is 0 Å². The number of nitrogens with zero attached hydrogens (tertiary/aromatic N) is 3. The zero-order valence-corrected chi connectivity index (χ0v) is 18.4. The second-order valence-corrected chi connectivity index (χ2v) is 8.57. The molecule has 2 aliphatic rings. The normalized spacial score (nSPS) is 18.0. The Hall–Kier alpha value is -3.42. The van der Waals surface area contributed by atoms with Crippen molar-refractivity contribution in [2.45, 2.75) is 18.9 Å². The number of aromatic nitrogens is 2. The summed E-state index contributed by atoms with van der Waals surface area (Å²) in [5, 5.41) is 11.2. The van der Waals surface area contributed by atoms with Gasteiger partial charge in [0.1, 0.15) is 23.3 Å². The van der Waals surface area contributed by atoms with Crippen molar-refractivity contribution in [2.75, 3.05) is 32.8 Å². The molecule has 2 aromatic carbocycles. The second-order valence-electron chi connectivity index (χ2n) is 8.57. The molecule has 2 aliphatic heterocycles. The van der Waals surface area contributed by atoms with Crippen LogP contribution in [0.5, 0.6) is 11.6 Å². The Labute approximate surface area is 191 Å². The standard InChI is InChI=1S/C26H26N4O3/c27-25-23-22(21-7-3-14-32-21)20-9-8-18-5-1-2-6-19(18)24(20)33-26(23)28-17-30(25)11-4-10-29-12-15-31-16-13-29/h1-3,5-9,14,17,22,27H,4,10-13,15-16H2/t22-/m0/s1. The largest absolute Gasteiger partial charge is 0.468 e. The smallest absolute Gasteiger partial charge is 0.228 e. The maximum atomic E-state index is 9.05. The van der Waals surface area contributed by atoms with Crippen LogP contribution in [-0.2, 0) is 11.3 Å². The number of aryl methyl sites for hydroxylation is 1. The highest BCUT2D eigenvalue weighted by molar-refractivity contribution is 5.91. The Morgan fingerprint density at radius 1 is 1.00 bits per heavy atom. The van der Waals surface area contributed by atoms with Gasteiger partial charge in [0, 0.05) is 37.1 Å². The molecule has 7 heteroatoms. The molecule has 0 unspecified atom stereocenters. The molecule has 6 rings (SSSR count). The van der Waals surface area contributed by atoms with E-state index >= 15 is 0 Å². The molecule has 33 heavy (non-hydrogen) atoms. The number of nitrogens with one attached hydrogen (secondary N) is 1. The zero-order valence-electron chi connectivity index (χ0n) is 18.4. The molecule has 0 bridgehead atoms. The second kappa shape index (κ2) is 8.50. The van der Waals surface area contributed by atoms with Crippen molar-refractivity contribution in [3.8, 4) is 11.6 Å². The van der Waals surface area contributed by atoms with Gasteiger partial charge < -0.3 is 18.5 Å². The SMILES string of the molecule is N=c1c2c(ncn1CCCN1CCOCC1)Oc1c(ccc3ccccc13)[C@H]2c1ccco1. The van der Waals surface area contributed by atoms with Crippen LogP contribution in [0.2, 0.25) is 0 Å². The molecule has 7 nitrogen and oxygen atoms in total. The third kappa shape index (κ3) is 3.63. The molecule has 2 aromatic heterocycles. The number of benzene rings is 2. The number of furan rings is 1. The molecule has 4 heterocycles. The van der Waals surface area contributed by atoms with Crippen molar-refractivity contribution in [2.24, 2.45) is 0 Å². The lowest BCUT2D eigenvalue weighted by Gasteiger charge is -2.28. The fraction of sp³-hybridized carbons (Fsp3) is 0.308. The Morgan fingerprint density at radius 3 is 2.73 bits per heavy atom. The fourth-order valence-corrected chi connectivity index (χ4v) is 4.91. The summed E-state index contributed by atoms with van der Waals surface area (Å²) >= 11 is 0. The summed E-state index contributed by atoms with van der Waals surface area (Å²) in [5.41, 5.74) is 2.17. The molecule has 1 N–H and O–H groups in total. The van der Waals surface area contributed by atoms with Crippen LogP contribution in [-0.4, -0.2) is 47.3 Å². The predicted octanol–water partition coefficient (Wildman–Crippen LogP) is 4.12. The molecule has 0 saturated carbocycles. The minimum Gasteiger partial charge on any atom is -0.468 e. The maximum absolute atomic E-state index is 9.05. The van der Waals surface area contributed by atoms with Gasteiger partial charge in [-0.2, -0.15) is 0 Å². The number of rotatable bonds is 5. The Morgan fingerprint density at radius 2 is 1.88 bits per heavy atom. The zero-order chi connectivity index (χ0) is 22.2. The van der Waals surface area contributed by atoms with Gasteiger partial charge in [0.15, 0.2) is 0 Å². The van der Waals surface area contributed by atoms with Crippen LogP contribution in [0, 0.1) is 5.41 Å². The van der Waals surface area contributed by atoms with Crippen molar-refractivity contribution < 1.29 is 13.9 Å². The van der Waals surface area contributed by atoms with Gasteiger partial charge in [-0.05, 0) is 23.9 Å². The van der Waals surface area contributed by atoms with Gasteiger partial charge in [0.25, 0.3) is 0 Å². The Balaban J connectivity index is 1.38. The summed E-state index contributed by atoms with van der Waals surface area (Å²) in [4.78, 5) is 7.07. The van der Waals surface area contributed by atoms with Crippen LogP contribution in [0.1, 0.15) is 29.2 Å². The third-order valence-corrected chi connectivity index (χ3v) is 6.60. The van der Waals surface area contributed by atoms with Gasteiger partial charge in [-0.1, -0.05) is 36.4 Å². The summed E-state index contributed by atoms with van der Waals surface area (Å²) in [6, 6.07) is 16.2. The molecular weight excluding hydrogens is 416 g/mol. The van der Waals surface area contributed by atoms with Crippen molar-refractivity contribution >= 4 is 10.8 Å². The van der Waals surface area contributed by atoms with Gasteiger partial charge >= 0.3 is 0 Å². The van der Waals surface area contributed by atoms with Crippen molar-refractivity contribution in [3.63, 3.8) is 0 Å². The minimum absolute atomic E-state index is 0.241. The van der Waals surface area contributed by atoms with E-state index < -0.39 is 0 Å². The summed E-state index contributed by atoms with van der Waals surface area (Å²) < 4.78 is 19.6. The Bertz CT molecular complexity index is 1340. The number of morpholine rings is 1. The minimum atomic E-state index is -0.241. The lowest BCUT2D eigenvalue weighted by atomic mass is 9.86. The molecule has 1 fully saturated rings. The third-order valence-electron chi connectivity index (χ3n) is 6.60. The quantitative estimate of drug-likeness (QED) is 0.443. The van der Waals surface area contributed by atoms with Gasteiger partial charge in [0.05, 0.1) is 31.0 Å². The average Bonchev–Trinajstić information content (AvgIpc) is 3.39. The maximum Gasteiger partial charge on any atom is 0.228 e. The Kier molecular flexibility index (Phi) is 5.20. The van der Waals surface area contributed by atoms with E-state index in [9.17, 15) is 0 Å². The van der Waals surface area contributed by atoms with Crippen molar-refractivity contribution in [1.29, 1.82) is 5.41 Å². The summed E-state index contributed by atoms with van der Waals surface area (Å²) in [6.07, 6.45) is 4.36. The highest BCUT2D eigenvalue weighted by Gasteiger charge is 2.34. The average molecular weight is 443 g/mol. The van der Waals surface area contributed by atoms with E-state index in [1.165, 1.54) is 0 Å². The van der Waals surface area contributed by atoms with Crippen LogP contribution in [0.15, 0.2) is 65.5 Å². The molecule has 0 amide bonds. The van der Waals surface area contributed by atoms with Gasteiger partial charge in [0.2, 0.25) is 5.88 Å². The lowest BCUT2D eigenvalue weighted by molar-refractivity contribution is 0.0369. The number of hydrogen-bond acceptors (Lipinski definition) is 6. The van der Waals surface area contributed by atoms with Gasteiger partial charge in [-0.25, -0.2) is 4.98 Å². The van der Waals surface area contributed by atoms with E-state index in [2.05, 4.69) is 34.1 Å². The van der Waals surface area contributed by atoms with E-state index in [0.29, 0.717) is 11.4 Å².